The van der Waals surface area contributed by atoms with Crippen LogP contribution in [0.5, 0.6) is 11.5 Å². The third-order valence-corrected chi connectivity index (χ3v) is 10.3. The molecule has 1 unspecified atom stereocenters. The van der Waals surface area contributed by atoms with E-state index in [1.807, 2.05) is 0 Å². The number of benzene rings is 7. The summed E-state index contributed by atoms with van der Waals surface area (Å²) in [6.07, 6.45) is 0. The van der Waals surface area contributed by atoms with E-state index in [0.29, 0.717) is 0 Å². The molecular formula is C45H32O. The van der Waals surface area contributed by atoms with Crippen LogP contribution in [-0.2, 0) is 10.8 Å². The van der Waals surface area contributed by atoms with Gasteiger partial charge in [0.2, 0.25) is 0 Å². The normalized spacial score (nSPS) is 16.8. The van der Waals surface area contributed by atoms with Crippen LogP contribution in [0.15, 0.2) is 176 Å². The van der Waals surface area contributed by atoms with Crippen molar-refractivity contribution in [2.75, 3.05) is 0 Å². The molecule has 1 heteroatoms. The van der Waals surface area contributed by atoms with Crippen molar-refractivity contribution in [3.63, 3.8) is 0 Å². The van der Waals surface area contributed by atoms with Gasteiger partial charge in [-0.3, -0.25) is 0 Å². The molecule has 1 nitrogen and oxygen atoms in total. The van der Waals surface area contributed by atoms with E-state index in [1.54, 1.807) is 0 Å². The average Bonchev–Trinajstić information content (AvgIpc) is 3.43. The number of hydrogen-bond acceptors (Lipinski definition) is 1. The highest BCUT2D eigenvalue weighted by atomic mass is 16.5. The number of fused-ring (bicyclic) bond motifs is 5. The molecule has 2 aliphatic rings. The van der Waals surface area contributed by atoms with Gasteiger partial charge in [-0.1, -0.05) is 164 Å². The van der Waals surface area contributed by atoms with E-state index < -0.39 is 5.41 Å². The first-order valence-electron chi connectivity index (χ1n) is 16.0. The zero-order valence-corrected chi connectivity index (χ0v) is 25.7. The predicted octanol–water partition coefficient (Wildman–Crippen LogP) is 11.2. The van der Waals surface area contributed by atoms with E-state index >= 15 is 0 Å². The fourth-order valence-electron chi connectivity index (χ4n) is 8.19. The third kappa shape index (κ3) is 3.63. The molecule has 0 bridgehead atoms. The van der Waals surface area contributed by atoms with Crippen LogP contribution in [0.25, 0.3) is 22.3 Å². The highest BCUT2D eigenvalue weighted by Crippen LogP contribution is 2.58. The maximum Gasteiger partial charge on any atom is 0.139 e. The molecule has 1 atom stereocenters. The third-order valence-electron chi connectivity index (χ3n) is 10.3. The van der Waals surface area contributed by atoms with Crippen LogP contribution < -0.4 is 4.74 Å². The highest BCUT2D eigenvalue weighted by molar-refractivity contribution is 5.90. The summed E-state index contributed by atoms with van der Waals surface area (Å²) < 4.78 is 6.85. The SMILES string of the molecule is CC1(c2ccccc2)c2ccccc2Oc2c(-c3ccc4c(c3)-c3ccccc3C4(c3ccccc3)c3ccccc3)cccc21. The Bertz CT molecular complexity index is 2190. The second-order valence-corrected chi connectivity index (χ2v) is 12.6. The molecule has 1 aliphatic carbocycles. The minimum Gasteiger partial charge on any atom is -0.456 e. The minimum atomic E-state index is -0.412. The van der Waals surface area contributed by atoms with Crippen LogP contribution >= 0.6 is 0 Å². The molecule has 9 rings (SSSR count). The Morgan fingerprint density at radius 1 is 0.391 bits per heavy atom. The minimum absolute atomic E-state index is 0.361. The number of para-hydroxylation sites is 2. The molecule has 46 heavy (non-hydrogen) atoms. The summed E-state index contributed by atoms with van der Waals surface area (Å²) in [6, 6.07) is 63.8. The van der Waals surface area contributed by atoms with Crippen molar-refractivity contribution in [2.24, 2.45) is 0 Å². The standard InChI is InChI=1S/C45H32O/c1-44(32-16-5-2-6-17-32)40-25-13-14-27-42(40)46-43-35(23-15-26-41(43)44)31-28-29-39-37(30-31)36-22-11-12-24-38(36)45(39,33-18-7-3-8-19-33)34-20-9-4-10-21-34/h2-30H,1H3. The summed E-state index contributed by atoms with van der Waals surface area (Å²) in [7, 11) is 0. The summed E-state index contributed by atoms with van der Waals surface area (Å²) in [4.78, 5) is 0. The summed E-state index contributed by atoms with van der Waals surface area (Å²) in [5.74, 6) is 1.84. The van der Waals surface area contributed by atoms with Gasteiger partial charge in [-0.05, 0) is 63.6 Å². The van der Waals surface area contributed by atoms with Gasteiger partial charge in [0, 0.05) is 22.1 Å². The van der Waals surface area contributed by atoms with Gasteiger partial charge in [-0.15, -0.1) is 0 Å². The van der Waals surface area contributed by atoms with Gasteiger partial charge < -0.3 is 4.74 Å². The van der Waals surface area contributed by atoms with Gasteiger partial charge in [-0.2, -0.15) is 0 Å². The molecule has 0 amide bonds. The smallest absolute Gasteiger partial charge is 0.139 e. The lowest BCUT2D eigenvalue weighted by atomic mass is 9.67. The number of rotatable bonds is 4. The van der Waals surface area contributed by atoms with E-state index in [4.69, 9.17) is 4.74 Å². The van der Waals surface area contributed by atoms with Gasteiger partial charge in [0.05, 0.1) is 5.41 Å². The lowest BCUT2D eigenvalue weighted by molar-refractivity contribution is 0.429. The van der Waals surface area contributed by atoms with Crippen molar-refractivity contribution < 1.29 is 4.74 Å². The Labute approximate surface area is 270 Å². The molecule has 7 aromatic rings. The zero-order chi connectivity index (χ0) is 30.7. The highest BCUT2D eigenvalue weighted by Gasteiger charge is 2.46. The van der Waals surface area contributed by atoms with Gasteiger partial charge in [0.1, 0.15) is 11.5 Å². The van der Waals surface area contributed by atoms with Gasteiger partial charge >= 0.3 is 0 Å². The number of ether oxygens (including phenoxy) is 1. The summed E-state index contributed by atoms with van der Waals surface area (Å²) in [5.41, 5.74) is 12.8. The lowest BCUT2D eigenvalue weighted by Crippen LogP contribution is -2.29. The summed E-state index contributed by atoms with van der Waals surface area (Å²) in [5, 5.41) is 0. The van der Waals surface area contributed by atoms with Gasteiger partial charge in [-0.25, -0.2) is 0 Å². The Hall–Kier alpha value is -5.66. The first-order chi connectivity index (χ1) is 22.7. The molecule has 0 saturated heterocycles. The Balaban J connectivity index is 1.29. The second-order valence-electron chi connectivity index (χ2n) is 12.6. The molecular weight excluding hydrogens is 556 g/mol. The van der Waals surface area contributed by atoms with Crippen LogP contribution in [0.4, 0.5) is 0 Å². The van der Waals surface area contributed by atoms with Crippen LogP contribution in [-0.4, -0.2) is 0 Å². The van der Waals surface area contributed by atoms with E-state index in [2.05, 4.69) is 183 Å². The molecule has 0 spiro atoms. The maximum atomic E-state index is 6.85. The quantitative estimate of drug-likeness (QED) is 0.199. The van der Waals surface area contributed by atoms with E-state index in [0.717, 1.165) is 22.6 Å². The van der Waals surface area contributed by atoms with Crippen LogP contribution in [0, 0.1) is 0 Å². The topological polar surface area (TPSA) is 9.23 Å². The fraction of sp³-hybridized carbons (Fsp3) is 0.0667. The Morgan fingerprint density at radius 3 is 1.61 bits per heavy atom. The second kappa shape index (κ2) is 10.2. The van der Waals surface area contributed by atoms with Crippen molar-refractivity contribution >= 4 is 0 Å². The zero-order valence-electron chi connectivity index (χ0n) is 25.7. The fourth-order valence-corrected chi connectivity index (χ4v) is 8.19. The van der Waals surface area contributed by atoms with Crippen molar-refractivity contribution in [3.8, 4) is 33.8 Å². The Morgan fingerprint density at radius 2 is 0.913 bits per heavy atom. The van der Waals surface area contributed by atoms with E-state index in [-0.39, 0.29) is 5.41 Å². The molecule has 0 N–H and O–H groups in total. The van der Waals surface area contributed by atoms with E-state index in [9.17, 15) is 0 Å². The van der Waals surface area contributed by atoms with Gasteiger partial charge in [0.25, 0.3) is 0 Å². The molecule has 7 aromatic carbocycles. The molecule has 218 valence electrons. The van der Waals surface area contributed by atoms with Crippen molar-refractivity contribution in [2.45, 2.75) is 17.8 Å². The van der Waals surface area contributed by atoms with Crippen LogP contribution in [0.2, 0.25) is 0 Å². The monoisotopic (exact) mass is 588 g/mol. The lowest BCUT2D eigenvalue weighted by Gasteiger charge is -2.39. The average molecular weight is 589 g/mol. The summed E-state index contributed by atoms with van der Waals surface area (Å²) in [6.45, 7) is 2.33. The van der Waals surface area contributed by atoms with E-state index in [1.165, 1.54) is 50.1 Å². The molecule has 0 radical (unpaired) electrons. The molecule has 0 fully saturated rings. The van der Waals surface area contributed by atoms with Crippen molar-refractivity contribution in [3.05, 3.63) is 215 Å². The molecule has 1 heterocycles. The maximum absolute atomic E-state index is 6.85. The first-order valence-corrected chi connectivity index (χ1v) is 16.0. The molecule has 1 aliphatic heterocycles. The number of hydrogen-bond donors (Lipinski definition) is 0. The summed E-state index contributed by atoms with van der Waals surface area (Å²) >= 11 is 0. The van der Waals surface area contributed by atoms with Crippen molar-refractivity contribution in [1.82, 2.24) is 0 Å². The van der Waals surface area contributed by atoms with Crippen molar-refractivity contribution in [1.29, 1.82) is 0 Å². The molecule has 0 aromatic heterocycles. The van der Waals surface area contributed by atoms with Crippen LogP contribution in [0.3, 0.4) is 0 Å². The molecule has 0 saturated carbocycles. The van der Waals surface area contributed by atoms with Crippen LogP contribution in [0.1, 0.15) is 45.9 Å². The van der Waals surface area contributed by atoms with Gasteiger partial charge in [0.15, 0.2) is 0 Å². The predicted molar refractivity (Wildman–Crippen MR) is 188 cm³/mol. The Kier molecular flexibility index (Phi) is 5.92. The largest absolute Gasteiger partial charge is 0.456 e. The first kappa shape index (κ1) is 26.7.